The van der Waals surface area contributed by atoms with Gasteiger partial charge in [0.2, 0.25) is 5.72 Å². The monoisotopic (exact) mass is 189 g/mol. The van der Waals surface area contributed by atoms with Gasteiger partial charge in [0.1, 0.15) is 11.8 Å². The largest absolute Gasteiger partial charge is 0.468 e. The van der Waals surface area contributed by atoms with E-state index in [4.69, 9.17) is 4.74 Å². The molecule has 0 N–H and O–H groups in total. The molecule has 14 heavy (non-hydrogen) atoms. The second-order valence-electron chi connectivity index (χ2n) is 4.81. The number of hydrogen-bond donors (Lipinski definition) is 0. The number of rotatable bonds is 0. The maximum absolute atomic E-state index is 6.19. The summed E-state index contributed by atoms with van der Waals surface area (Å²) in [6.07, 6.45) is 12.1. The molecule has 1 unspecified atom stereocenters. The summed E-state index contributed by atoms with van der Waals surface area (Å²) in [6.45, 7) is 0. The van der Waals surface area contributed by atoms with Crippen LogP contribution in [0.1, 0.15) is 38.5 Å². The molecule has 1 spiro atoms. The lowest BCUT2D eigenvalue weighted by atomic mass is 10.0. The standard InChI is InChI=1S/C12H15NO/c1-2-6-10-9(5-1)13-11-7-3-4-8-12(11,13)14-10/h3,7,11H,1-2,4-6,8H2/t11?,12-,13?/m0/s1. The Morgan fingerprint density at radius 1 is 1.36 bits per heavy atom. The fourth-order valence-electron chi connectivity index (χ4n) is 3.35. The summed E-state index contributed by atoms with van der Waals surface area (Å²) in [7, 11) is 0. The molecule has 2 nitrogen and oxygen atoms in total. The van der Waals surface area contributed by atoms with Crippen LogP contribution in [0, 0.1) is 0 Å². The molecule has 0 saturated carbocycles. The lowest BCUT2D eigenvalue weighted by molar-refractivity contribution is 0.0677. The Balaban J connectivity index is 1.74. The van der Waals surface area contributed by atoms with E-state index in [1.807, 2.05) is 0 Å². The van der Waals surface area contributed by atoms with Crippen molar-refractivity contribution in [1.29, 1.82) is 0 Å². The van der Waals surface area contributed by atoms with Gasteiger partial charge in [0.05, 0.1) is 5.70 Å². The highest BCUT2D eigenvalue weighted by Crippen LogP contribution is 2.60. The summed E-state index contributed by atoms with van der Waals surface area (Å²) in [5, 5.41) is 0. The summed E-state index contributed by atoms with van der Waals surface area (Å²) in [5.74, 6) is 1.32. The Morgan fingerprint density at radius 2 is 2.29 bits per heavy atom. The van der Waals surface area contributed by atoms with Crippen molar-refractivity contribution in [2.24, 2.45) is 0 Å². The van der Waals surface area contributed by atoms with Crippen LogP contribution in [0.4, 0.5) is 0 Å². The molecule has 2 atom stereocenters. The minimum atomic E-state index is 0.115. The first-order valence-electron chi connectivity index (χ1n) is 5.79. The number of nitrogens with zero attached hydrogens (tertiary/aromatic N) is 1. The van der Waals surface area contributed by atoms with Crippen LogP contribution in [0.5, 0.6) is 0 Å². The highest BCUT2D eigenvalue weighted by Gasteiger charge is 2.69. The zero-order valence-corrected chi connectivity index (χ0v) is 8.33. The molecule has 74 valence electrons. The Hall–Kier alpha value is -0.920. The molecule has 2 aliphatic heterocycles. The van der Waals surface area contributed by atoms with Crippen LogP contribution in [0.25, 0.3) is 0 Å². The third kappa shape index (κ3) is 0.667. The average molecular weight is 189 g/mol. The van der Waals surface area contributed by atoms with Gasteiger partial charge in [-0.1, -0.05) is 12.2 Å². The molecule has 0 radical (unpaired) electrons. The van der Waals surface area contributed by atoms with Gasteiger partial charge in [-0.05, 0) is 25.7 Å². The van der Waals surface area contributed by atoms with Gasteiger partial charge < -0.3 is 9.64 Å². The van der Waals surface area contributed by atoms with E-state index in [9.17, 15) is 0 Å². The van der Waals surface area contributed by atoms with Crippen LogP contribution in [0.3, 0.4) is 0 Å². The molecule has 0 bridgehead atoms. The predicted octanol–water partition coefficient (Wildman–Crippen LogP) is 2.53. The molecule has 4 aliphatic rings. The maximum Gasteiger partial charge on any atom is 0.207 e. The second kappa shape index (κ2) is 2.18. The molecule has 2 heterocycles. The van der Waals surface area contributed by atoms with Gasteiger partial charge in [-0.15, -0.1) is 0 Å². The molecule has 0 aromatic rings. The summed E-state index contributed by atoms with van der Waals surface area (Å²) in [6, 6.07) is 0.591. The zero-order chi connectivity index (χ0) is 9.17. The molecule has 1 fully saturated rings. The summed E-state index contributed by atoms with van der Waals surface area (Å²) >= 11 is 0. The molecule has 0 amide bonds. The molecule has 4 rings (SSSR count). The summed E-state index contributed by atoms with van der Waals surface area (Å²) in [5.41, 5.74) is 1.65. The van der Waals surface area contributed by atoms with Gasteiger partial charge >= 0.3 is 0 Å². The fraction of sp³-hybridized carbons (Fsp3) is 0.667. The Morgan fingerprint density at radius 3 is 3.29 bits per heavy atom. The van der Waals surface area contributed by atoms with E-state index in [0.29, 0.717) is 6.04 Å². The Bertz CT molecular complexity index is 357. The van der Waals surface area contributed by atoms with E-state index < -0.39 is 0 Å². The molecule has 0 aromatic heterocycles. The smallest absolute Gasteiger partial charge is 0.207 e. The van der Waals surface area contributed by atoms with E-state index in [0.717, 1.165) is 0 Å². The molecule has 2 heteroatoms. The molecular weight excluding hydrogens is 174 g/mol. The first kappa shape index (κ1) is 7.38. The van der Waals surface area contributed by atoms with E-state index >= 15 is 0 Å². The molecule has 0 aromatic carbocycles. The number of fused-ring (bicyclic) bond motifs is 2. The molecule has 2 aliphatic carbocycles. The van der Waals surface area contributed by atoms with E-state index in [1.54, 1.807) is 0 Å². The van der Waals surface area contributed by atoms with Crippen LogP contribution in [0.15, 0.2) is 23.6 Å². The van der Waals surface area contributed by atoms with Crippen molar-refractivity contribution in [2.75, 3.05) is 0 Å². The lowest BCUT2D eigenvalue weighted by Crippen LogP contribution is -2.19. The van der Waals surface area contributed by atoms with Gasteiger partial charge in [-0.3, -0.25) is 0 Å². The van der Waals surface area contributed by atoms with Crippen molar-refractivity contribution < 1.29 is 4.74 Å². The van der Waals surface area contributed by atoms with Crippen LogP contribution < -0.4 is 0 Å². The Labute approximate surface area is 84.2 Å². The Kier molecular flexibility index (Phi) is 1.15. The predicted molar refractivity (Wildman–Crippen MR) is 53.3 cm³/mol. The second-order valence-corrected chi connectivity index (χ2v) is 4.81. The number of ether oxygens (including phenoxy) is 1. The quantitative estimate of drug-likeness (QED) is 0.429. The van der Waals surface area contributed by atoms with Crippen molar-refractivity contribution in [3.05, 3.63) is 23.6 Å². The van der Waals surface area contributed by atoms with Gasteiger partial charge in [0, 0.05) is 12.8 Å². The van der Waals surface area contributed by atoms with Crippen molar-refractivity contribution >= 4 is 0 Å². The van der Waals surface area contributed by atoms with E-state index in [-0.39, 0.29) is 5.72 Å². The molecule has 1 saturated heterocycles. The van der Waals surface area contributed by atoms with Gasteiger partial charge in [-0.25, -0.2) is 0 Å². The minimum Gasteiger partial charge on any atom is -0.468 e. The normalized spacial score (nSPS) is 42.9. The van der Waals surface area contributed by atoms with Gasteiger partial charge in [-0.2, -0.15) is 0 Å². The van der Waals surface area contributed by atoms with Gasteiger partial charge in [0.15, 0.2) is 0 Å². The maximum atomic E-state index is 6.19. The number of hydrogen-bond acceptors (Lipinski definition) is 2. The first-order chi connectivity index (χ1) is 6.92. The SMILES string of the molecule is C1=CC2N3C4=C(CCCC4)O[C@@]23CC1. The number of allylic oxidation sites excluding steroid dienone is 3. The highest BCUT2D eigenvalue weighted by molar-refractivity contribution is 5.37. The zero-order valence-electron chi connectivity index (χ0n) is 8.33. The summed E-state index contributed by atoms with van der Waals surface area (Å²) < 4.78 is 6.19. The van der Waals surface area contributed by atoms with E-state index in [1.165, 1.54) is 50.0 Å². The van der Waals surface area contributed by atoms with Crippen molar-refractivity contribution in [3.63, 3.8) is 0 Å². The third-order valence-corrected chi connectivity index (χ3v) is 4.05. The fourth-order valence-corrected chi connectivity index (χ4v) is 3.35. The van der Waals surface area contributed by atoms with Crippen LogP contribution in [-0.2, 0) is 4.74 Å². The first-order valence-corrected chi connectivity index (χ1v) is 5.79. The van der Waals surface area contributed by atoms with Crippen LogP contribution in [-0.4, -0.2) is 16.7 Å². The van der Waals surface area contributed by atoms with Crippen molar-refractivity contribution in [2.45, 2.75) is 50.3 Å². The lowest BCUT2D eigenvalue weighted by Gasteiger charge is -2.19. The third-order valence-electron chi connectivity index (χ3n) is 4.05. The van der Waals surface area contributed by atoms with Crippen molar-refractivity contribution in [3.8, 4) is 0 Å². The minimum absolute atomic E-state index is 0.115. The van der Waals surface area contributed by atoms with Crippen LogP contribution in [0.2, 0.25) is 0 Å². The highest BCUT2D eigenvalue weighted by atomic mass is 16.6. The topological polar surface area (TPSA) is 12.2 Å². The average Bonchev–Trinajstić information content (AvgIpc) is 2.77. The van der Waals surface area contributed by atoms with E-state index in [2.05, 4.69) is 17.1 Å². The van der Waals surface area contributed by atoms with Crippen LogP contribution >= 0.6 is 0 Å². The van der Waals surface area contributed by atoms with Gasteiger partial charge in [0.25, 0.3) is 0 Å². The summed E-state index contributed by atoms with van der Waals surface area (Å²) in [4.78, 5) is 2.53. The molecular formula is C12H15NO. The van der Waals surface area contributed by atoms with Crippen molar-refractivity contribution in [1.82, 2.24) is 4.90 Å².